The molecule has 15 heavy (non-hydrogen) atoms. The second-order valence-electron chi connectivity index (χ2n) is 3.37. The highest BCUT2D eigenvalue weighted by Crippen LogP contribution is 2.04. The minimum absolute atomic E-state index is 0.232. The first-order chi connectivity index (χ1) is 6.97. The van der Waals surface area contributed by atoms with Crippen LogP contribution in [0.3, 0.4) is 0 Å². The number of hydrogen-bond acceptors (Lipinski definition) is 2. The van der Waals surface area contributed by atoms with E-state index in [4.69, 9.17) is 0 Å². The molecule has 0 amide bonds. The van der Waals surface area contributed by atoms with Crippen molar-refractivity contribution >= 4 is 9.84 Å². The molecule has 1 rings (SSSR count). The molecule has 0 fully saturated rings. The molecule has 0 saturated heterocycles. The van der Waals surface area contributed by atoms with E-state index in [-0.39, 0.29) is 5.75 Å². The second kappa shape index (κ2) is 6.62. The molecule has 0 aromatic heterocycles. The molecule has 0 aliphatic heterocycles. The van der Waals surface area contributed by atoms with Crippen molar-refractivity contribution < 1.29 is 8.42 Å². The summed E-state index contributed by atoms with van der Waals surface area (Å²) in [4.78, 5) is 0. The Bertz CT molecular complexity index is 363. The van der Waals surface area contributed by atoms with E-state index in [0.717, 1.165) is 5.56 Å². The highest BCUT2D eigenvalue weighted by Gasteiger charge is 2.02. The first kappa shape index (κ1) is 14.2. The highest BCUT2D eigenvalue weighted by atomic mass is 32.2. The predicted molar refractivity (Wildman–Crippen MR) is 65.9 cm³/mol. The standard InChI is InChI=1S/C10H14O2S.C2H6/c1-9-3-5-10(6-4-9)7-8-13(2,11)12;1-2/h3-6H,7-8H2,1-2H3;1-2H3. The van der Waals surface area contributed by atoms with Gasteiger partial charge in [-0.15, -0.1) is 0 Å². The molecule has 0 saturated carbocycles. The monoisotopic (exact) mass is 228 g/mol. The van der Waals surface area contributed by atoms with E-state index < -0.39 is 9.84 Å². The van der Waals surface area contributed by atoms with E-state index in [1.54, 1.807) is 0 Å². The summed E-state index contributed by atoms with van der Waals surface area (Å²) in [6, 6.07) is 7.94. The van der Waals surface area contributed by atoms with Crippen LogP contribution < -0.4 is 0 Å². The highest BCUT2D eigenvalue weighted by molar-refractivity contribution is 7.90. The predicted octanol–water partition coefficient (Wildman–Crippen LogP) is 2.61. The van der Waals surface area contributed by atoms with Crippen molar-refractivity contribution in [3.05, 3.63) is 35.4 Å². The lowest BCUT2D eigenvalue weighted by Gasteiger charge is -2.00. The maximum absolute atomic E-state index is 10.9. The zero-order valence-corrected chi connectivity index (χ0v) is 10.8. The third kappa shape index (κ3) is 7.14. The number of hydrogen-bond donors (Lipinski definition) is 0. The Morgan fingerprint density at radius 1 is 1.07 bits per heavy atom. The molecule has 0 radical (unpaired) electrons. The fourth-order valence-electron chi connectivity index (χ4n) is 1.06. The molecule has 1 aromatic rings. The molecular formula is C12H20O2S. The van der Waals surface area contributed by atoms with Crippen LogP contribution in [-0.2, 0) is 16.3 Å². The van der Waals surface area contributed by atoms with Gasteiger partial charge in [0.1, 0.15) is 9.84 Å². The van der Waals surface area contributed by atoms with Gasteiger partial charge in [0.05, 0.1) is 5.75 Å². The second-order valence-corrected chi connectivity index (χ2v) is 5.63. The van der Waals surface area contributed by atoms with Crippen LogP contribution in [0.4, 0.5) is 0 Å². The lowest BCUT2D eigenvalue weighted by atomic mass is 10.1. The summed E-state index contributed by atoms with van der Waals surface area (Å²) < 4.78 is 21.7. The van der Waals surface area contributed by atoms with Crippen molar-refractivity contribution in [1.29, 1.82) is 0 Å². The number of benzene rings is 1. The van der Waals surface area contributed by atoms with Gasteiger partial charge in [0.25, 0.3) is 0 Å². The summed E-state index contributed by atoms with van der Waals surface area (Å²) in [6.45, 7) is 6.01. The third-order valence-corrected chi connectivity index (χ3v) is 2.83. The van der Waals surface area contributed by atoms with E-state index in [2.05, 4.69) is 0 Å². The average Bonchev–Trinajstić information content (AvgIpc) is 2.19. The molecule has 0 unspecified atom stereocenters. The van der Waals surface area contributed by atoms with Crippen LogP contribution in [0.5, 0.6) is 0 Å². The molecule has 0 bridgehead atoms. The third-order valence-electron chi connectivity index (χ3n) is 1.88. The minimum Gasteiger partial charge on any atom is -0.229 e. The lowest BCUT2D eigenvalue weighted by molar-refractivity contribution is 0.601. The Morgan fingerprint density at radius 2 is 1.53 bits per heavy atom. The number of rotatable bonds is 3. The zero-order chi connectivity index (χ0) is 11.9. The van der Waals surface area contributed by atoms with Gasteiger partial charge in [-0.2, -0.15) is 0 Å². The Kier molecular flexibility index (Phi) is 6.25. The summed E-state index contributed by atoms with van der Waals surface area (Å²) in [5, 5.41) is 0. The Hall–Kier alpha value is -0.830. The van der Waals surface area contributed by atoms with Crippen LogP contribution in [0.15, 0.2) is 24.3 Å². The van der Waals surface area contributed by atoms with Crippen molar-refractivity contribution in [3.63, 3.8) is 0 Å². The van der Waals surface area contributed by atoms with Crippen LogP contribution in [-0.4, -0.2) is 20.4 Å². The molecule has 3 heteroatoms. The largest absolute Gasteiger partial charge is 0.229 e. The van der Waals surface area contributed by atoms with Gasteiger partial charge >= 0.3 is 0 Å². The van der Waals surface area contributed by atoms with Gasteiger partial charge in [-0.3, -0.25) is 0 Å². The fraction of sp³-hybridized carbons (Fsp3) is 0.500. The molecule has 1 aromatic carbocycles. The van der Waals surface area contributed by atoms with Gasteiger partial charge < -0.3 is 0 Å². The van der Waals surface area contributed by atoms with Crippen LogP contribution in [0.2, 0.25) is 0 Å². The molecule has 0 atom stereocenters. The van der Waals surface area contributed by atoms with Gasteiger partial charge in [0.15, 0.2) is 0 Å². The summed E-state index contributed by atoms with van der Waals surface area (Å²) in [7, 11) is -2.83. The quantitative estimate of drug-likeness (QED) is 0.797. The van der Waals surface area contributed by atoms with Gasteiger partial charge in [-0.1, -0.05) is 43.7 Å². The fourth-order valence-corrected chi connectivity index (χ4v) is 1.66. The number of aryl methyl sites for hydroxylation is 2. The van der Waals surface area contributed by atoms with Crippen molar-refractivity contribution in [2.75, 3.05) is 12.0 Å². The van der Waals surface area contributed by atoms with Gasteiger partial charge in [0.2, 0.25) is 0 Å². The van der Waals surface area contributed by atoms with Crippen LogP contribution in [0, 0.1) is 6.92 Å². The molecule has 0 aliphatic carbocycles. The van der Waals surface area contributed by atoms with Gasteiger partial charge in [-0.05, 0) is 18.9 Å². The maximum atomic E-state index is 10.9. The van der Waals surface area contributed by atoms with E-state index in [0.29, 0.717) is 6.42 Å². The maximum Gasteiger partial charge on any atom is 0.147 e. The lowest BCUT2D eigenvalue weighted by Crippen LogP contribution is -2.05. The SMILES string of the molecule is CC.Cc1ccc(CCS(C)(=O)=O)cc1. The molecular weight excluding hydrogens is 208 g/mol. The first-order valence-corrected chi connectivity index (χ1v) is 7.27. The zero-order valence-electron chi connectivity index (χ0n) is 9.95. The van der Waals surface area contributed by atoms with Crippen molar-refractivity contribution in [1.82, 2.24) is 0 Å². The summed E-state index contributed by atoms with van der Waals surface area (Å²) in [6.07, 6.45) is 1.88. The van der Waals surface area contributed by atoms with E-state index in [1.807, 2.05) is 45.0 Å². The Labute approximate surface area is 93.3 Å². The summed E-state index contributed by atoms with van der Waals surface area (Å²) >= 11 is 0. The topological polar surface area (TPSA) is 34.1 Å². The Morgan fingerprint density at radius 3 is 1.93 bits per heavy atom. The normalized spacial score (nSPS) is 10.4. The molecule has 86 valence electrons. The minimum atomic E-state index is -2.83. The van der Waals surface area contributed by atoms with Gasteiger partial charge in [-0.25, -0.2) is 8.42 Å². The smallest absolute Gasteiger partial charge is 0.147 e. The van der Waals surface area contributed by atoms with E-state index >= 15 is 0 Å². The molecule has 0 heterocycles. The molecule has 0 spiro atoms. The number of sulfone groups is 1. The Balaban J connectivity index is 0.000000921. The van der Waals surface area contributed by atoms with E-state index in [9.17, 15) is 8.42 Å². The van der Waals surface area contributed by atoms with Crippen LogP contribution in [0.25, 0.3) is 0 Å². The van der Waals surface area contributed by atoms with E-state index in [1.165, 1.54) is 11.8 Å². The van der Waals surface area contributed by atoms with Crippen molar-refractivity contribution in [2.24, 2.45) is 0 Å². The molecule has 0 aliphatic rings. The van der Waals surface area contributed by atoms with Crippen LogP contribution in [0.1, 0.15) is 25.0 Å². The van der Waals surface area contributed by atoms with Gasteiger partial charge in [0, 0.05) is 6.26 Å². The molecule has 0 N–H and O–H groups in total. The van der Waals surface area contributed by atoms with Crippen molar-refractivity contribution in [3.8, 4) is 0 Å². The van der Waals surface area contributed by atoms with Crippen LogP contribution >= 0.6 is 0 Å². The molecule has 2 nitrogen and oxygen atoms in total. The summed E-state index contributed by atoms with van der Waals surface area (Å²) in [5.74, 6) is 0.232. The average molecular weight is 228 g/mol. The first-order valence-electron chi connectivity index (χ1n) is 5.21. The van der Waals surface area contributed by atoms with Crippen molar-refractivity contribution in [2.45, 2.75) is 27.2 Å². The summed E-state index contributed by atoms with van der Waals surface area (Å²) in [5.41, 5.74) is 2.28.